The number of nitro groups is 1. The van der Waals surface area contributed by atoms with Gasteiger partial charge in [-0.05, 0) is 18.6 Å². The first kappa shape index (κ1) is 17.8. The minimum Gasteiger partial charge on any atom is -0.395 e. The minimum absolute atomic E-state index is 0.160. The van der Waals surface area contributed by atoms with Crippen LogP contribution in [0.15, 0.2) is 17.0 Å². The maximum absolute atomic E-state index is 12.5. The van der Waals surface area contributed by atoms with Crippen molar-refractivity contribution >= 4 is 27.3 Å². The van der Waals surface area contributed by atoms with E-state index >= 15 is 0 Å². The van der Waals surface area contributed by atoms with E-state index in [0.717, 1.165) is 10.4 Å². The number of hydrogen-bond donors (Lipinski definition) is 2. The Hall–Kier alpha value is -1.26. The summed E-state index contributed by atoms with van der Waals surface area (Å²) in [6, 6.07) is 2.08. The van der Waals surface area contributed by atoms with Gasteiger partial charge in [0.05, 0.1) is 23.0 Å². The van der Waals surface area contributed by atoms with E-state index in [2.05, 4.69) is 0 Å². The van der Waals surface area contributed by atoms with E-state index in [-0.39, 0.29) is 28.6 Å². The molecule has 0 spiro atoms. The number of aliphatic hydroxyl groups excluding tert-OH is 2. The van der Waals surface area contributed by atoms with E-state index in [1.165, 1.54) is 13.0 Å². The summed E-state index contributed by atoms with van der Waals surface area (Å²) in [5, 5.41) is 28.5. The van der Waals surface area contributed by atoms with Crippen LogP contribution in [0.3, 0.4) is 0 Å². The number of benzene rings is 1. The van der Waals surface area contributed by atoms with Gasteiger partial charge in [0.25, 0.3) is 5.69 Å². The number of sulfonamides is 1. The van der Waals surface area contributed by atoms with Crippen molar-refractivity contribution in [2.75, 3.05) is 26.3 Å². The van der Waals surface area contributed by atoms with Gasteiger partial charge in [-0.2, -0.15) is 4.31 Å². The number of aryl methyl sites for hydroxylation is 1. The van der Waals surface area contributed by atoms with Crippen molar-refractivity contribution in [3.63, 3.8) is 0 Å². The fourth-order valence-electron chi connectivity index (χ4n) is 1.77. The second-order valence-corrected chi connectivity index (χ2v) is 6.49. The number of nitro benzene ring substituents is 1. The average Bonchev–Trinajstić information content (AvgIpc) is 2.37. The molecule has 1 aromatic carbocycles. The topological polar surface area (TPSA) is 121 Å². The van der Waals surface area contributed by atoms with Crippen LogP contribution in [0, 0.1) is 17.0 Å². The second kappa shape index (κ2) is 7.14. The van der Waals surface area contributed by atoms with Gasteiger partial charge >= 0.3 is 0 Å². The predicted molar refractivity (Wildman–Crippen MR) is 75.8 cm³/mol. The third-order valence-electron chi connectivity index (χ3n) is 2.76. The lowest BCUT2D eigenvalue weighted by Gasteiger charge is -2.21. The van der Waals surface area contributed by atoms with Crippen LogP contribution >= 0.6 is 11.6 Å². The van der Waals surface area contributed by atoms with E-state index in [0.29, 0.717) is 0 Å². The van der Waals surface area contributed by atoms with Gasteiger partial charge in [-0.1, -0.05) is 11.6 Å². The van der Waals surface area contributed by atoms with E-state index in [1.54, 1.807) is 0 Å². The highest BCUT2D eigenvalue weighted by Crippen LogP contribution is 2.31. The highest BCUT2D eigenvalue weighted by atomic mass is 35.5. The molecule has 2 N–H and O–H groups in total. The first-order valence-corrected chi connectivity index (χ1v) is 7.74. The van der Waals surface area contributed by atoms with Gasteiger partial charge in [0, 0.05) is 19.2 Å². The summed E-state index contributed by atoms with van der Waals surface area (Å²) < 4.78 is 25.8. The zero-order valence-electron chi connectivity index (χ0n) is 11.2. The zero-order chi connectivity index (χ0) is 16.2. The van der Waals surface area contributed by atoms with Gasteiger partial charge < -0.3 is 10.2 Å². The van der Waals surface area contributed by atoms with E-state index < -0.39 is 33.8 Å². The van der Waals surface area contributed by atoms with Crippen LogP contribution in [0.4, 0.5) is 5.69 Å². The molecule has 0 aliphatic rings. The highest BCUT2D eigenvalue weighted by molar-refractivity contribution is 7.89. The average molecular weight is 339 g/mol. The Bertz CT molecular complexity index is 628. The third-order valence-corrected chi connectivity index (χ3v) is 5.10. The van der Waals surface area contributed by atoms with Crippen molar-refractivity contribution in [2.24, 2.45) is 0 Å². The standard InChI is InChI=1S/C11H15ClN2O6S/c1-8-6-9(12)10(14(17)18)7-11(8)21(19,20)13(2-4-15)3-5-16/h6-7,15-16H,2-5H2,1H3. The van der Waals surface area contributed by atoms with Gasteiger partial charge in [-0.25, -0.2) is 8.42 Å². The first-order chi connectivity index (χ1) is 9.75. The zero-order valence-corrected chi connectivity index (χ0v) is 12.8. The molecule has 0 aromatic heterocycles. The van der Waals surface area contributed by atoms with Crippen LogP contribution in [0.2, 0.25) is 5.02 Å². The van der Waals surface area contributed by atoms with Crippen LogP contribution in [0.1, 0.15) is 5.56 Å². The van der Waals surface area contributed by atoms with Gasteiger partial charge in [0.1, 0.15) is 5.02 Å². The first-order valence-electron chi connectivity index (χ1n) is 5.92. The molecule has 1 rings (SSSR count). The second-order valence-electron chi connectivity index (χ2n) is 4.18. The molecule has 0 atom stereocenters. The fraction of sp³-hybridized carbons (Fsp3) is 0.455. The molecule has 0 bridgehead atoms. The lowest BCUT2D eigenvalue weighted by molar-refractivity contribution is -0.384. The molecule has 0 saturated carbocycles. The molecule has 1 aromatic rings. The van der Waals surface area contributed by atoms with Crippen molar-refractivity contribution in [3.8, 4) is 0 Å². The number of halogens is 1. The Morgan fingerprint density at radius 1 is 1.29 bits per heavy atom. The monoisotopic (exact) mass is 338 g/mol. The number of aliphatic hydroxyl groups is 2. The Labute approximate surface area is 126 Å². The van der Waals surface area contributed by atoms with Crippen molar-refractivity contribution in [3.05, 3.63) is 32.8 Å². The Balaban J connectivity index is 3.42. The molecule has 0 fully saturated rings. The largest absolute Gasteiger partial charge is 0.395 e. The highest BCUT2D eigenvalue weighted by Gasteiger charge is 2.28. The molecule has 10 heteroatoms. The molecular weight excluding hydrogens is 324 g/mol. The van der Waals surface area contributed by atoms with Gasteiger partial charge in [-0.15, -0.1) is 0 Å². The SMILES string of the molecule is Cc1cc(Cl)c([N+](=O)[O-])cc1S(=O)(=O)N(CCO)CCO. The van der Waals surface area contributed by atoms with E-state index in [1.807, 2.05) is 0 Å². The van der Waals surface area contributed by atoms with Crippen LogP contribution in [-0.4, -0.2) is 54.2 Å². The summed E-state index contributed by atoms with van der Waals surface area (Å²) in [7, 11) is -4.08. The molecule has 0 aliphatic carbocycles. The predicted octanol–water partition coefficient (Wildman–Crippen LogP) is 0.532. The molecule has 0 radical (unpaired) electrons. The summed E-state index contributed by atoms with van der Waals surface area (Å²) in [4.78, 5) is 9.81. The lowest BCUT2D eigenvalue weighted by atomic mass is 10.2. The molecule has 21 heavy (non-hydrogen) atoms. The number of rotatable bonds is 7. The smallest absolute Gasteiger partial charge is 0.289 e. The van der Waals surface area contributed by atoms with Gasteiger partial charge in [-0.3, -0.25) is 10.1 Å². The van der Waals surface area contributed by atoms with Crippen molar-refractivity contribution in [1.82, 2.24) is 4.31 Å². The Morgan fingerprint density at radius 3 is 2.24 bits per heavy atom. The normalized spacial score (nSPS) is 11.9. The summed E-state index contributed by atoms with van der Waals surface area (Å²) in [6.45, 7) is 0.137. The van der Waals surface area contributed by atoms with Crippen LogP contribution in [0.5, 0.6) is 0 Å². The molecular formula is C11H15ClN2O6S. The van der Waals surface area contributed by atoms with Crippen molar-refractivity contribution < 1.29 is 23.6 Å². The molecule has 8 nitrogen and oxygen atoms in total. The summed E-state index contributed by atoms with van der Waals surface area (Å²) in [6.07, 6.45) is 0. The molecule has 0 heterocycles. The Morgan fingerprint density at radius 2 is 1.81 bits per heavy atom. The Kier molecular flexibility index (Phi) is 6.05. The molecule has 0 amide bonds. The van der Waals surface area contributed by atoms with Gasteiger partial charge in [0.2, 0.25) is 10.0 Å². The maximum Gasteiger partial charge on any atom is 0.289 e. The number of nitrogens with zero attached hydrogens (tertiary/aromatic N) is 2. The van der Waals surface area contributed by atoms with Crippen LogP contribution in [-0.2, 0) is 10.0 Å². The summed E-state index contributed by atoms with van der Waals surface area (Å²) >= 11 is 5.72. The van der Waals surface area contributed by atoms with Gasteiger partial charge in [0.15, 0.2) is 0 Å². The number of hydrogen-bond acceptors (Lipinski definition) is 6. The van der Waals surface area contributed by atoms with Crippen molar-refractivity contribution in [2.45, 2.75) is 11.8 Å². The van der Waals surface area contributed by atoms with E-state index in [9.17, 15) is 18.5 Å². The third kappa shape index (κ3) is 3.89. The molecule has 0 aliphatic heterocycles. The lowest BCUT2D eigenvalue weighted by Crippen LogP contribution is -2.36. The minimum atomic E-state index is -4.08. The van der Waals surface area contributed by atoms with Crippen molar-refractivity contribution in [1.29, 1.82) is 0 Å². The molecule has 0 unspecified atom stereocenters. The van der Waals surface area contributed by atoms with Crippen LogP contribution < -0.4 is 0 Å². The maximum atomic E-state index is 12.5. The van der Waals surface area contributed by atoms with E-state index in [4.69, 9.17) is 21.8 Å². The summed E-state index contributed by atoms with van der Waals surface area (Å²) in [5.41, 5.74) is -0.278. The quantitative estimate of drug-likeness (QED) is 0.552. The van der Waals surface area contributed by atoms with Crippen LogP contribution in [0.25, 0.3) is 0 Å². The summed E-state index contributed by atoms with van der Waals surface area (Å²) in [5.74, 6) is 0. The molecule has 118 valence electrons. The molecule has 0 saturated heterocycles. The fourth-order valence-corrected chi connectivity index (χ4v) is 3.71.